The standard InChI is InChI=1S/C10H9BrClNO2/c1-5-6(11)4-7(12)10-9(5)13-8(14)2-3-15-10/h4H,2-3H2,1H3,(H,13,14). The molecule has 0 spiro atoms. The number of hydrogen-bond donors (Lipinski definition) is 1. The summed E-state index contributed by atoms with van der Waals surface area (Å²) in [5, 5.41) is 3.30. The van der Waals surface area contributed by atoms with E-state index in [0.29, 0.717) is 29.5 Å². The molecule has 2 rings (SSSR count). The van der Waals surface area contributed by atoms with Crippen molar-refractivity contribution in [2.45, 2.75) is 13.3 Å². The summed E-state index contributed by atoms with van der Waals surface area (Å²) in [5.41, 5.74) is 1.58. The number of ether oxygens (including phenoxy) is 1. The first-order valence-electron chi connectivity index (χ1n) is 4.51. The summed E-state index contributed by atoms with van der Waals surface area (Å²) in [4.78, 5) is 11.4. The fraction of sp³-hybridized carbons (Fsp3) is 0.300. The molecule has 0 aromatic heterocycles. The monoisotopic (exact) mass is 289 g/mol. The molecule has 0 radical (unpaired) electrons. The average Bonchev–Trinajstić information content (AvgIpc) is 2.37. The summed E-state index contributed by atoms with van der Waals surface area (Å²) in [6.45, 7) is 2.26. The van der Waals surface area contributed by atoms with Crippen molar-refractivity contribution in [3.05, 3.63) is 21.1 Å². The topological polar surface area (TPSA) is 38.3 Å². The number of nitrogens with one attached hydrogen (secondary N) is 1. The average molecular weight is 291 g/mol. The molecule has 1 aromatic rings. The van der Waals surface area contributed by atoms with Crippen LogP contribution in [0.25, 0.3) is 0 Å². The van der Waals surface area contributed by atoms with Gasteiger partial charge in [-0.3, -0.25) is 4.79 Å². The molecule has 80 valence electrons. The maximum atomic E-state index is 11.4. The Hall–Kier alpha value is -0.740. The van der Waals surface area contributed by atoms with Crippen molar-refractivity contribution in [2.75, 3.05) is 11.9 Å². The Kier molecular flexibility index (Phi) is 2.89. The van der Waals surface area contributed by atoms with Crippen LogP contribution in [-0.4, -0.2) is 12.5 Å². The van der Waals surface area contributed by atoms with E-state index in [0.717, 1.165) is 10.0 Å². The minimum atomic E-state index is -0.0500. The highest BCUT2D eigenvalue weighted by molar-refractivity contribution is 9.10. The molecule has 0 unspecified atom stereocenters. The fourth-order valence-electron chi connectivity index (χ4n) is 1.43. The molecule has 1 aliphatic rings. The van der Waals surface area contributed by atoms with Gasteiger partial charge in [0.25, 0.3) is 0 Å². The van der Waals surface area contributed by atoms with E-state index in [2.05, 4.69) is 21.2 Å². The molecule has 0 fully saturated rings. The molecular formula is C10H9BrClNO2. The number of carbonyl (C=O) groups excluding carboxylic acids is 1. The zero-order valence-electron chi connectivity index (χ0n) is 8.06. The summed E-state index contributed by atoms with van der Waals surface area (Å²) in [6.07, 6.45) is 0.349. The van der Waals surface area contributed by atoms with Crippen LogP contribution in [0.4, 0.5) is 5.69 Å². The Morgan fingerprint density at radius 1 is 1.60 bits per heavy atom. The molecule has 1 N–H and O–H groups in total. The summed E-state index contributed by atoms with van der Waals surface area (Å²) in [6, 6.07) is 1.77. The predicted octanol–water partition coefficient (Wildman–Crippen LogP) is 3.13. The summed E-state index contributed by atoms with van der Waals surface area (Å²) >= 11 is 9.41. The molecule has 1 heterocycles. The number of halogens is 2. The largest absolute Gasteiger partial charge is 0.489 e. The van der Waals surface area contributed by atoms with Crippen molar-refractivity contribution < 1.29 is 9.53 Å². The van der Waals surface area contributed by atoms with E-state index >= 15 is 0 Å². The zero-order chi connectivity index (χ0) is 11.0. The molecule has 1 amide bonds. The molecule has 5 heteroatoms. The Morgan fingerprint density at radius 3 is 3.07 bits per heavy atom. The summed E-state index contributed by atoms with van der Waals surface area (Å²) in [5.74, 6) is 0.509. The number of amides is 1. The minimum absolute atomic E-state index is 0.0500. The smallest absolute Gasteiger partial charge is 0.227 e. The van der Waals surface area contributed by atoms with Gasteiger partial charge < -0.3 is 10.1 Å². The molecule has 15 heavy (non-hydrogen) atoms. The molecule has 0 bridgehead atoms. The van der Waals surface area contributed by atoms with Crippen molar-refractivity contribution in [1.29, 1.82) is 0 Å². The van der Waals surface area contributed by atoms with E-state index in [1.54, 1.807) is 6.07 Å². The third-order valence-electron chi connectivity index (χ3n) is 2.27. The number of carbonyl (C=O) groups is 1. The Labute approximate surface area is 101 Å². The predicted molar refractivity (Wildman–Crippen MR) is 62.6 cm³/mol. The second-order valence-electron chi connectivity index (χ2n) is 3.32. The van der Waals surface area contributed by atoms with Crippen LogP contribution in [0.2, 0.25) is 5.02 Å². The number of rotatable bonds is 0. The van der Waals surface area contributed by atoms with Gasteiger partial charge in [0.1, 0.15) is 0 Å². The molecule has 3 nitrogen and oxygen atoms in total. The molecule has 0 atom stereocenters. The molecule has 1 aliphatic heterocycles. The van der Waals surface area contributed by atoms with Gasteiger partial charge in [-0.2, -0.15) is 0 Å². The highest BCUT2D eigenvalue weighted by Crippen LogP contribution is 2.41. The quantitative estimate of drug-likeness (QED) is 0.797. The first kappa shape index (κ1) is 10.8. The lowest BCUT2D eigenvalue weighted by molar-refractivity contribution is -0.116. The summed E-state index contributed by atoms with van der Waals surface area (Å²) < 4.78 is 6.31. The maximum Gasteiger partial charge on any atom is 0.227 e. The van der Waals surface area contributed by atoms with Crippen LogP contribution in [0, 0.1) is 6.92 Å². The lowest BCUT2D eigenvalue weighted by atomic mass is 10.2. The van der Waals surface area contributed by atoms with E-state index < -0.39 is 0 Å². The van der Waals surface area contributed by atoms with Gasteiger partial charge in [-0.25, -0.2) is 0 Å². The van der Waals surface area contributed by atoms with Crippen molar-refractivity contribution in [3.8, 4) is 5.75 Å². The van der Waals surface area contributed by atoms with E-state index in [-0.39, 0.29) is 5.91 Å². The molecule has 1 aromatic carbocycles. The van der Waals surface area contributed by atoms with Gasteiger partial charge in [-0.1, -0.05) is 27.5 Å². The molecule has 0 saturated carbocycles. The maximum absolute atomic E-state index is 11.4. The van der Waals surface area contributed by atoms with Crippen molar-refractivity contribution in [1.82, 2.24) is 0 Å². The van der Waals surface area contributed by atoms with Crippen molar-refractivity contribution >= 4 is 39.1 Å². The van der Waals surface area contributed by atoms with E-state index in [1.807, 2.05) is 6.92 Å². The van der Waals surface area contributed by atoms with E-state index in [9.17, 15) is 4.79 Å². The first-order chi connectivity index (χ1) is 7.09. The van der Waals surface area contributed by atoms with Gasteiger partial charge in [0.05, 0.1) is 23.7 Å². The minimum Gasteiger partial charge on any atom is -0.489 e. The summed E-state index contributed by atoms with van der Waals surface area (Å²) in [7, 11) is 0. The Balaban J connectivity index is 2.60. The van der Waals surface area contributed by atoms with Gasteiger partial charge in [0.2, 0.25) is 5.91 Å². The SMILES string of the molecule is Cc1c(Br)cc(Cl)c2c1NC(=O)CCO2. The van der Waals surface area contributed by atoms with Gasteiger partial charge in [-0.15, -0.1) is 0 Å². The highest BCUT2D eigenvalue weighted by Gasteiger charge is 2.20. The lowest BCUT2D eigenvalue weighted by Gasteiger charge is -2.13. The highest BCUT2D eigenvalue weighted by atomic mass is 79.9. The van der Waals surface area contributed by atoms with Crippen LogP contribution in [0.3, 0.4) is 0 Å². The van der Waals surface area contributed by atoms with Crippen LogP contribution in [0.1, 0.15) is 12.0 Å². The lowest BCUT2D eigenvalue weighted by Crippen LogP contribution is -2.11. The zero-order valence-corrected chi connectivity index (χ0v) is 10.4. The van der Waals surface area contributed by atoms with E-state index in [4.69, 9.17) is 16.3 Å². The number of fused-ring (bicyclic) bond motifs is 1. The molecule has 0 saturated heterocycles. The van der Waals surface area contributed by atoms with Gasteiger partial charge in [0.15, 0.2) is 5.75 Å². The Morgan fingerprint density at radius 2 is 2.33 bits per heavy atom. The third-order valence-corrected chi connectivity index (χ3v) is 3.38. The number of benzene rings is 1. The van der Waals surface area contributed by atoms with E-state index in [1.165, 1.54) is 0 Å². The van der Waals surface area contributed by atoms with Crippen LogP contribution < -0.4 is 10.1 Å². The van der Waals surface area contributed by atoms with Crippen molar-refractivity contribution in [2.24, 2.45) is 0 Å². The van der Waals surface area contributed by atoms with Gasteiger partial charge >= 0.3 is 0 Å². The second-order valence-corrected chi connectivity index (χ2v) is 4.58. The van der Waals surface area contributed by atoms with Gasteiger partial charge in [0, 0.05) is 4.47 Å². The third kappa shape index (κ3) is 1.96. The normalized spacial score (nSPS) is 15.0. The van der Waals surface area contributed by atoms with Crippen LogP contribution in [-0.2, 0) is 4.79 Å². The number of anilines is 1. The van der Waals surface area contributed by atoms with Crippen LogP contribution in [0.15, 0.2) is 10.5 Å². The van der Waals surface area contributed by atoms with Crippen LogP contribution in [0.5, 0.6) is 5.75 Å². The Bertz CT molecular complexity index is 434. The molecule has 0 aliphatic carbocycles. The molecular weight excluding hydrogens is 281 g/mol. The fourth-order valence-corrected chi connectivity index (χ4v) is 2.25. The second kappa shape index (κ2) is 4.02. The number of hydrogen-bond acceptors (Lipinski definition) is 2. The first-order valence-corrected chi connectivity index (χ1v) is 5.68. The van der Waals surface area contributed by atoms with Crippen LogP contribution >= 0.6 is 27.5 Å². The van der Waals surface area contributed by atoms with Gasteiger partial charge in [-0.05, 0) is 18.6 Å². The van der Waals surface area contributed by atoms with Crippen molar-refractivity contribution in [3.63, 3.8) is 0 Å².